The highest BCUT2D eigenvalue weighted by atomic mass is 32.2. The van der Waals surface area contributed by atoms with Crippen molar-refractivity contribution in [2.24, 2.45) is 0 Å². The summed E-state index contributed by atoms with van der Waals surface area (Å²) in [6.07, 6.45) is 10.8. The zero-order valence-corrected chi connectivity index (χ0v) is 20.8. The van der Waals surface area contributed by atoms with Crippen molar-refractivity contribution in [3.05, 3.63) is 96.7 Å². The Bertz CT molecular complexity index is 1380. The van der Waals surface area contributed by atoms with Gasteiger partial charge in [-0.05, 0) is 78.9 Å². The number of nitrogens with one attached hydrogen (secondary N) is 1. The minimum absolute atomic E-state index is 0.209. The van der Waals surface area contributed by atoms with Gasteiger partial charge in [0.1, 0.15) is 18.7 Å². The van der Waals surface area contributed by atoms with Crippen LogP contribution in [0.3, 0.4) is 0 Å². The van der Waals surface area contributed by atoms with Crippen molar-refractivity contribution in [3.63, 3.8) is 0 Å². The van der Waals surface area contributed by atoms with E-state index in [2.05, 4.69) is 15.3 Å². The number of amides is 1. The average Bonchev–Trinajstić information content (AvgIpc) is 3.38. The van der Waals surface area contributed by atoms with E-state index in [4.69, 9.17) is 4.74 Å². The number of aryl methyl sites for hydroxylation is 1. The third-order valence-corrected chi connectivity index (χ3v) is 6.77. The average molecular weight is 505 g/mol. The number of nitrogens with zero attached hydrogens (tertiary/aromatic N) is 3. The molecule has 0 unspecified atom stereocenters. The molecule has 0 saturated carbocycles. The zero-order chi connectivity index (χ0) is 25.4. The van der Waals surface area contributed by atoms with Gasteiger partial charge in [-0.3, -0.25) is 9.55 Å². The van der Waals surface area contributed by atoms with Gasteiger partial charge in [0.2, 0.25) is 0 Å². The number of benzene rings is 2. The molecule has 0 spiro atoms. The number of aromatic nitrogens is 3. The first-order chi connectivity index (χ1) is 17.4. The highest BCUT2D eigenvalue weighted by molar-refractivity contribution is 7.90. The van der Waals surface area contributed by atoms with Crippen LogP contribution in [-0.2, 0) is 22.9 Å². The molecule has 0 aliphatic rings. The number of carbonyl (C=O) groups is 1. The van der Waals surface area contributed by atoms with Crippen molar-refractivity contribution < 1.29 is 17.9 Å². The van der Waals surface area contributed by atoms with Gasteiger partial charge in [0, 0.05) is 37.0 Å². The van der Waals surface area contributed by atoms with E-state index in [9.17, 15) is 13.2 Å². The van der Waals surface area contributed by atoms with Crippen molar-refractivity contribution in [2.75, 3.05) is 12.8 Å². The Morgan fingerprint density at radius 3 is 2.36 bits per heavy atom. The summed E-state index contributed by atoms with van der Waals surface area (Å²) < 4.78 is 30.4. The molecule has 0 aliphatic heterocycles. The summed E-state index contributed by atoms with van der Waals surface area (Å²) in [5.41, 5.74) is 3.67. The summed E-state index contributed by atoms with van der Waals surface area (Å²) in [5.74, 6) is 0.676. The van der Waals surface area contributed by atoms with E-state index in [0.717, 1.165) is 30.4 Å². The number of hydrogen-bond donors (Lipinski definition) is 1. The molecular weight excluding hydrogens is 476 g/mol. The molecule has 0 aliphatic carbocycles. The Morgan fingerprint density at radius 2 is 1.67 bits per heavy atom. The van der Waals surface area contributed by atoms with Crippen molar-refractivity contribution in [1.29, 1.82) is 0 Å². The number of hydrogen-bond acceptors (Lipinski definition) is 6. The Labute approximate surface area is 210 Å². The van der Waals surface area contributed by atoms with Crippen LogP contribution in [0.4, 0.5) is 4.79 Å². The van der Waals surface area contributed by atoms with E-state index < -0.39 is 9.84 Å². The summed E-state index contributed by atoms with van der Waals surface area (Å²) in [7, 11) is -3.21. The Hall–Kier alpha value is -3.98. The lowest BCUT2D eigenvalue weighted by atomic mass is 10.1. The summed E-state index contributed by atoms with van der Waals surface area (Å²) in [5, 5.41) is 2.92. The van der Waals surface area contributed by atoms with Gasteiger partial charge >= 0.3 is 6.03 Å². The fourth-order valence-electron chi connectivity index (χ4n) is 3.59. The molecule has 2 aromatic carbocycles. The van der Waals surface area contributed by atoms with Crippen LogP contribution in [0.5, 0.6) is 5.75 Å². The van der Waals surface area contributed by atoms with Crippen LogP contribution < -0.4 is 10.1 Å². The third kappa shape index (κ3) is 7.02. The summed E-state index contributed by atoms with van der Waals surface area (Å²) in [6.45, 7) is 0.918. The predicted molar refractivity (Wildman–Crippen MR) is 138 cm³/mol. The van der Waals surface area contributed by atoms with Gasteiger partial charge in [0.25, 0.3) is 0 Å². The van der Waals surface area contributed by atoms with E-state index in [1.165, 1.54) is 22.7 Å². The molecule has 1 amide bonds. The normalized spacial score (nSPS) is 11.2. The Balaban J connectivity index is 1.24. The van der Waals surface area contributed by atoms with E-state index in [0.29, 0.717) is 24.6 Å². The maximum absolute atomic E-state index is 12.4. The van der Waals surface area contributed by atoms with Crippen molar-refractivity contribution in [3.8, 4) is 17.0 Å². The van der Waals surface area contributed by atoms with Gasteiger partial charge in [-0.1, -0.05) is 12.1 Å². The zero-order valence-electron chi connectivity index (χ0n) is 20.0. The van der Waals surface area contributed by atoms with Crippen LogP contribution in [0.2, 0.25) is 0 Å². The largest absolute Gasteiger partial charge is 0.489 e. The van der Waals surface area contributed by atoms with Crippen LogP contribution in [0.15, 0.2) is 90.5 Å². The highest BCUT2D eigenvalue weighted by Gasteiger charge is 2.09. The highest BCUT2D eigenvalue weighted by Crippen LogP contribution is 2.22. The number of pyridine rings is 1. The molecule has 8 nitrogen and oxygen atoms in total. The van der Waals surface area contributed by atoms with Crippen LogP contribution in [0, 0.1) is 0 Å². The van der Waals surface area contributed by atoms with Crippen LogP contribution >= 0.6 is 0 Å². The second kappa shape index (κ2) is 11.6. The molecule has 36 heavy (non-hydrogen) atoms. The molecular formula is C27H28N4O4S. The number of ether oxygens (including phenoxy) is 1. The number of sulfone groups is 1. The Kier molecular flexibility index (Phi) is 8.12. The summed E-state index contributed by atoms with van der Waals surface area (Å²) in [6, 6.07) is 17.9. The quantitative estimate of drug-likeness (QED) is 0.319. The molecule has 4 aromatic rings. The number of unbranched alkanes of at least 4 members (excludes halogenated alkanes) is 1. The first-order valence-electron chi connectivity index (χ1n) is 11.6. The van der Waals surface area contributed by atoms with Gasteiger partial charge in [-0.2, -0.15) is 0 Å². The predicted octanol–water partition coefficient (Wildman–Crippen LogP) is 4.51. The third-order valence-electron chi connectivity index (χ3n) is 5.64. The van der Waals surface area contributed by atoms with Crippen LogP contribution in [-0.4, -0.2) is 41.8 Å². The van der Waals surface area contributed by atoms with Crippen LogP contribution in [0.25, 0.3) is 11.3 Å². The molecule has 9 heteroatoms. The van der Waals surface area contributed by atoms with Gasteiger partial charge in [0.05, 0.1) is 10.6 Å². The smallest absolute Gasteiger partial charge is 0.326 e. The van der Waals surface area contributed by atoms with Crippen molar-refractivity contribution in [1.82, 2.24) is 19.9 Å². The number of carbonyl (C=O) groups excluding carboxylic acids is 1. The summed E-state index contributed by atoms with van der Waals surface area (Å²) >= 11 is 0. The molecule has 4 rings (SSSR count). The van der Waals surface area contributed by atoms with Crippen LogP contribution in [0.1, 0.15) is 24.0 Å². The number of imidazole rings is 1. The van der Waals surface area contributed by atoms with E-state index in [-0.39, 0.29) is 10.9 Å². The van der Waals surface area contributed by atoms with Gasteiger partial charge in [-0.15, -0.1) is 0 Å². The van der Waals surface area contributed by atoms with Gasteiger partial charge in [0.15, 0.2) is 9.84 Å². The first kappa shape index (κ1) is 25.1. The van der Waals surface area contributed by atoms with Gasteiger partial charge < -0.3 is 10.1 Å². The molecule has 186 valence electrons. The molecule has 0 fully saturated rings. The van der Waals surface area contributed by atoms with E-state index >= 15 is 0 Å². The maximum Gasteiger partial charge on any atom is 0.326 e. The van der Waals surface area contributed by atoms with Crippen molar-refractivity contribution in [2.45, 2.75) is 30.8 Å². The van der Waals surface area contributed by atoms with Crippen molar-refractivity contribution >= 4 is 15.9 Å². The monoisotopic (exact) mass is 504 g/mol. The molecule has 2 aromatic heterocycles. The minimum Gasteiger partial charge on any atom is -0.489 e. The van der Waals surface area contributed by atoms with Gasteiger partial charge in [-0.25, -0.2) is 18.2 Å². The Morgan fingerprint density at radius 1 is 0.944 bits per heavy atom. The fraction of sp³-hybridized carbons (Fsp3) is 0.222. The lowest BCUT2D eigenvalue weighted by Gasteiger charge is -2.08. The lowest BCUT2D eigenvalue weighted by Crippen LogP contribution is -2.28. The lowest BCUT2D eigenvalue weighted by molar-refractivity contribution is 0.242. The molecule has 0 bridgehead atoms. The standard InChI is InChI=1S/C27H28N4O4S/c1-36(33,34)25-11-5-22(6-12-25)19-35-24-9-7-23(8-10-24)26-18-31(20-30-26)27(32)29-15-3-2-4-21-13-16-28-17-14-21/h5-14,16-18,20H,2-4,15,19H2,1H3,(H,29,32). The molecule has 0 saturated heterocycles. The molecule has 2 heterocycles. The molecule has 1 N–H and O–H groups in total. The topological polar surface area (TPSA) is 103 Å². The number of rotatable bonds is 10. The fourth-order valence-corrected chi connectivity index (χ4v) is 4.23. The molecule has 0 atom stereocenters. The SMILES string of the molecule is CS(=O)(=O)c1ccc(COc2ccc(-c3cn(C(=O)NCCCCc4ccncc4)cn3)cc2)cc1. The first-order valence-corrected chi connectivity index (χ1v) is 13.5. The minimum atomic E-state index is -3.21. The van der Waals surface area contributed by atoms with E-state index in [1.54, 1.807) is 42.9 Å². The second-order valence-electron chi connectivity index (χ2n) is 8.44. The maximum atomic E-state index is 12.4. The van der Waals surface area contributed by atoms with E-state index in [1.807, 2.05) is 36.4 Å². The second-order valence-corrected chi connectivity index (χ2v) is 10.5. The summed E-state index contributed by atoms with van der Waals surface area (Å²) in [4.78, 5) is 21.1. The molecule has 0 radical (unpaired) electrons.